The molecule has 1 fully saturated rings. The van der Waals surface area contributed by atoms with Crippen LogP contribution in [0.25, 0.3) is 6.08 Å². The Labute approximate surface area is 86.6 Å². The summed E-state index contributed by atoms with van der Waals surface area (Å²) in [7, 11) is 1.91. The Morgan fingerprint density at radius 1 is 1.50 bits per heavy atom. The van der Waals surface area contributed by atoms with Crippen LogP contribution in [0.15, 0.2) is 24.0 Å². The number of rotatable bonds is 1. The molecule has 1 aliphatic heterocycles. The summed E-state index contributed by atoms with van der Waals surface area (Å²) >= 11 is 4.81. The molecular formula is C9H9N3OS. The molecular weight excluding hydrogens is 198 g/mol. The maximum atomic E-state index is 11.3. The van der Waals surface area contributed by atoms with Gasteiger partial charge in [0.15, 0.2) is 5.11 Å². The van der Waals surface area contributed by atoms with Crippen molar-refractivity contribution in [1.29, 1.82) is 0 Å². The predicted molar refractivity (Wildman–Crippen MR) is 57.3 cm³/mol. The second kappa shape index (κ2) is 3.26. The van der Waals surface area contributed by atoms with Gasteiger partial charge in [0.1, 0.15) is 5.70 Å². The van der Waals surface area contributed by atoms with Crippen molar-refractivity contribution in [2.45, 2.75) is 0 Å². The molecule has 0 atom stereocenters. The topological polar surface area (TPSA) is 46.1 Å². The number of nitrogens with zero attached hydrogens (tertiary/aromatic N) is 1. The molecule has 1 amide bonds. The van der Waals surface area contributed by atoms with Gasteiger partial charge in [-0.3, -0.25) is 10.1 Å². The average molecular weight is 207 g/mol. The van der Waals surface area contributed by atoms with E-state index in [1.54, 1.807) is 6.08 Å². The number of aryl methyl sites for hydroxylation is 1. The molecule has 0 aromatic carbocycles. The zero-order valence-corrected chi connectivity index (χ0v) is 8.39. The first-order chi connectivity index (χ1) is 6.66. The molecule has 2 N–H and O–H groups in total. The first-order valence-corrected chi connectivity index (χ1v) is 4.53. The van der Waals surface area contributed by atoms with E-state index in [4.69, 9.17) is 12.2 Å². The quantitative estimate of drug-likeness (QED) is 0.516. The van der Waals surface area contributed by atoms with Crippen molar-refractivity contribution in [3.8, 4) is 0 Å². The Hall–Kier alpha value is -1.62. The Morgan fingerprint density at radius 3 is 2.79 bits per heavy atom. The largest absolute Gasteiger partial charge is 0.351 e. The van der Waals surface area contributed by atoms with Crippen LogP contribution in [0.3, 0.4) is 0 Å². The van der Waals surface area contributed by atoms with Gasteiger partial charge in [-0.1, -0.05) is 0 Å². The zero-order chi connectivity index (χ0) is 10.1. The number of nitrogens with one attached hydrogen (secondary N) is 2. The summed E-state index contributed by atoms with van der Waals surface area (Å²) in [6.07, 6.45) is 3.67. The van der Waals surface area contributed by atoms with E-state index in [1.165, 1.54) is 0 Å². The number of amides is 1. The Balaban J connectivity index is 2.32. The minimum Gasteiger partial charge on any atom is -0.351 e. The van der Waals surface area contributed by atoms with E-state index in [9.17, 15) is 4.79 Å². The van der Waals surface area contributed by atoms with E-state index in [0.717, 1.165) is 5.69 Å². The number of aromatic nitrogens is 1. The van der Waals surface area contributed by atoms with E-state index in [1.807, 2.05) is 29.9 Å². The summed E-state index contributed by atoms with van der Waals surface area (Å²) in [4.78, 5) is 11.3. The van der Waals surface area contributed by atoms with Crippen LogP contribution in [0.2, 0.25) is 0 Å². The molecule has 0 radical (unpaired) electrons. The number of thiocarbonyl (C=S) groups is 1. The summed E-state index contributed by atoms with van der Waals surface area (Å²) in [5.41, 5.74) is 1.43. The third-order valence-corrected chi connectivity index (χ3v) is 2.20. The zero-order valence-electron chi connectivity index (χ0n) is 7.57. The van der Waals surface area contributed by atoms with Gasteiger partial charge in [0.25, 0.3) is 5.91 Å². The normalized spacial score (nSPS) is 18.5. The molecule has 4 nitrogen and oxygen atoms in total. The van der Waals surface area contributed by atoms with Crippen LogP contribution in [0.5, 0.6) is 0 Å². The third-order valence-electron chi connectivity index (χ3n) is 2.00. The molecule has 0 spiro atoms. The number of carbonyl (C=O) groups excluding carboxylic acids is 1. The van der Waals surface area contributed by atoms with Gasteiger partial charge in [-0.05, 0) is 30.4 Å². The molecule has 1 saturated heterocycles. The van der Waals surface area contributed by atoms with Gasteiger partial charge in [0, 0.05) is 18.9 Å². The Morgan fingerprint density at radius 2 is 2.29 bits per heavy atom. The van der Waals surface area contributed by atoms with Gasteiger partial charge in [-0.15, -0.1) is 0 Å². The lowest BCUT2D eigenvalue weighted by molar-refractivity contribution is -0.115. The van der Waals surface area contributed by atoms with Crippen molar-refractivity contribution in [2.75, 3.05) is 0 Å². The highest BCUT2D eigenvalue weighted by Crippen LogP contribution is 2.07. The summed E-state index contributed by atoms with van der Waals surface area (Å²) in [5.74, 6) is -0.184. The molecule has 0 saturated carbocycles. The minimum atomic E-state index is -0.184. The van der Waals surface area contributed by atoms with Crippen LogP contribution < -0.4 is 10.6 Å². The van der Waals surface area contributed by atoms with E-state index < -0.39 is 0 Å². The molecule has 5 heteroatoms. The SMILES string of the molecule is Cn1cccc1C=C1NC(=S)NC1=O. The lowest BCUT2D eigenvalue weighted by Crippen LogP contribution is -2.21. The highest BCUT2D eigenvalue weighted by molar-refractivity contribution is 7.80. The molecule has 0 aliphatic carbocycles. The van der Waals surface area contributed by atoms with Gasteiger partial charge in [-0.2, -0.15) is 0 Å². The second-order valence-electron chi connectivity index (χ2n) is 3.01. The second-order valence-corrected chi connectivity index (χ2v) is 3.42. The number of carbonyl (C=O) groups is 1. The van der Waals surface area contributed by atoms with Crippen LogP contribution in [-0.2, 0) is 11.8 Å². The molecule has 2 heterocycles. The fraction of sp³-hybridized carbons (Fsp3) is 0.111. The highest BCUT2D eigenvalue weighted by Gasteiger charge is 2.19. The van der Waals surface area contributed by atoms with Crippen molar-refractivity contribution < 1.29 is 4.79 Å². The van der Waals surface area contributed by atoms with Crippen LogP contribution in [0, 0.1) is 0 Å². The third kappa shape index (κ3) is 1.54. The number of hydrogen-bond acceptors (Lipinski definition) is 2. The average Bonchev–Trinajstić information content (AvgIpc) is 2.62. The van der Waals surface area contributed by atoms with Gasteiger partial charge in [0.05, 0.1) is 0 Å². The Kier molecular flexibility index (Phi) is 2.09. The smallest absolute Gasteiger partial charge is 0.273 e. The van der Waals surface area contributed by atoms with Crippen LogP contribution in [0.4, 0.5) is 0 Å². The maximum absolute atomic E-state index is 11.3. The van der Waals surface area contributed by atoms with E-state index in [2.05, 4.69) is 10.6 Å². The molecule has 2 rings (SSSR count). The van der Waals surface area contributed by atoms with Gasteiger partial charge < -0.3 is 9.88 Å². The van der Waals surface area contributed by atoms with Crippen LogP contribution in [0.1, 0.15) is 5.69 Å². The van der Waals surface area contributed by atoms with Gasteiger partial charge in [0.2, 0.25) is 0 Å². The number of hydrogen-bond donors (Lipinski definition) is 2. The van der Waals surface area contributed by atoms with Crippen molar-refractivity contribution >= 4 is 29.3 Å². The van der Waals surface area contributed by atoms with E-state index in [0.29, 0.717) is 10.8 Å². The van der Waals surface area contributed by atoms with Gasteiger partial charge in [-0.25, -0.2) is 0 Å². The predicted octanol–water partition coefficient (Wildman–Crippen LogP) is 0.370. The van der Waals surface area contributed by atoms with Gasteiger partial charge >= 0.3 is 0 Å². The molecule has 1 aromatic heterocycles. The maximum Gasteiger partial charge on any atom is 0.273 e. The van der Waals surface area contributed by atoms with Crippen LogP contribution >= 0.6 is 12.2 Å². The highest BCUT2D eigenvalue weighted by atomic mass is 32.1. The summed E-state index contributed by atoms with van der Waals surface area (Å²) < 4.78 is 1.92. The lowest BCUT2D eigenvalue weighted by Gasteiger charge is -1.97. The monoisotopic (exact) mass is 207 g/mol. The molecule has 0 bridgehead atoms. The van der Waals surface area contributed by atoms with Crippen LogP contribution in [-0.4, -0.2) is 15.6 Å². The standard InChI is InChI=1S/C9H9N3OS/c1-12-4-2-3-6(12)5-7-8(13)11-9(14)10-7/h2-5H,1H3,(H2,10,11,13,14). The fourth-order valence-corrected chi connectivity index (χ4v) is 1.46. The summed E-state index contributed by atoms with van der Waals surface area (Å²) in [6.45, 7) is 0. The molecule has 0 unspecified atom stereocenters. The van der Waals surface area contributed by atoms with Crippen molar-refractivity contribution in [1.82, 2.24) is 15.2 Å². The lowest BCUT2D eigenvalue weighted by atomic mass is 10.3. The van der Waals surface area contributed by atoms with E-state index in [-0.39, 0.29) is 5.91 Å². The molecule has 72 valence electrons. The van der Waals surface area contributed by atoms with Crippen molar-refractivity contribution in [3.05, 3.63) is 29.7 Å². The van der Waals surface area contributed by atoms with Crippen molar-refractivity contribution in [2.24, 2.45) is 7.05 Å². The minimum absolute atomic E-state index is 0.184. The summed E-state index contributed by atoms with van der Waals surface area (Å²) in [6, 6.07) is 3.83. The fourth-order valence-electron chi connectivity index (χ4n) is 1.25. The first-order valence-electron chi connectivity index (χ1n) is 4.12. The molecule has 1 aromatic rings. The van der Waals surface area contributed by atoms with Crippen molar-refractivity contribution in [3.63, 3.8) is 0 Å². The van der Waals surface area contributed by atoms with E-state index >= 15 is 0 Å². The Bertz CT molecular complexity index is 433. The molecule has 14 heavy (non-hydrogen) atoms. The summed E-state index contributed by atoms with van der Waals surface area (Å²) in [5, 5.41) is 5.65. The molecule has 1 aliphatic rings. The first kappa shape index (κ1) is 8.96.